The van der Waals surface area contributed by atoms with Crippen LogP contribution in [-0.2, 0) is 14.3 Å². The minimum absolute atomic E-state index is 0.831. The van der Waals surface area contributed by atoms with Crippen LogP contribution in [0.2, 0.25) is 0 Å². The monoisotopic (exact) mass is 1110 g/mol. The van der Waals surface area contributed by atoms with Gasteiger partial charge in [-0.3, -0.25) is 4.79 Å². The Labute approximate surface area is 342 Å². The molecule has 0 aromatic carbocycles. The van der Waals surface area contributed by atoms with Crippen molar-refractivity contribution in [3.8, 4) is 0 Å². The molecular weight excluding hydrogens is 1110 g/mol. The van der Waals surface area contributed by atoms with E-state index in [4.69, 9.17) is 0 Å². The molecule has 1 aliphatic rings. The topological polar surface area (TPSA) is 55.8 Å². The molecule has 0 unspecified atom stereocenters. The number of halogens is 39. The molecule has 2 atom stereocenters. The highest BCUT2D eigenvalue weighted by Gasteiger charge is 3.01. The van der Waals surface area contributed by atoms with Gasteiger partial charge in [-0.25, -0.2) is 0 Å². The maximum Gasteiger partial charge on any atom is 0.460 e. The predicted octanol–water partition coefficient (Wildman–Crippen LogP) is 12.0. The molecule has 1 saturated heterocycles. The first-order valence-corrected chi connectivity index (χ1v) is 15.1. The van der Waals surface area contributed by atoms with E-state index in [0.717, 1.165) is 0 Å². The van der Waals surface area contributed by atoms with Gasteiger partial charge in [0.15, 0.2) is 11.9 Å². The summed E-state index contributed by atoms with van der Waals surface area (Å²) in [7, 11) is 0. The lowest BCUT2D eigenvalue weighted by Gasteiger charge is -2.51. The summed E-state index contributed by atoms with van der Waals surface area (Å²) >= 11 is 0. The molecule has 1 fully saturated rings. The van der Waals surface area contributed by atoms with Gasteiger partial charge < -0.3 is 14.6 Å². The first-order chi connectivity index (χ1) is 28.6. The van der Waals surface area contributed by atoms with E-state index in [1.165, 1.54) is 0 Å². The number of Topliss-reactive ketones (excluding diaryl/α,β-unsaturated/α-hetero) is 1. The first-order valence-electron chi connectivity index (χ1n) is 15.1. The third-order valence-electron chi connectivity index (χ3n) is 8.83. The highest BCUT2D eigenvalue weighted by Crippen LogP contribution is 2.70. The molecule has 0 aliphatic carbocycles. The number of aliphatic hydroxyl groups is 1. The Balaban J connectivity index is 4.88. The average molecular weight is 1110 g/mol. The van der Waals surface area contributed by atoms with Crippen molar-refractivity contribution < 1.29 is 191 Å². The number of ketones is 1. The van der Waals surface area contributed by atoms with Crippen molar-refractivity contribution in [3.05, 3.63) is 0 Å². The van der Waals surface area contributed by atoms with Crippen molar-refractivity contribution >= 4 is 5.78 Å². The lowest BCUT2D eigenvalue weighted by Crippen LogP contribution is -2.84. The molecule has 1 aliphatic heterocycles. The van der Waals surface area contributed by atoms with Crippen LogP contribution in [0, 0.1) is 0 Å². The van der Waals surface area contributed by atoms with Crippen molar-refractivity contribution in [3.63, 3.8) is 0 Å². The summed E-state index contributed by atoms with van der Waals surface area (Å²) in [6.45, 7) is -1.66. The SMILES string of the molecule is CC1(C)O[C@@H](C(O)(C(F)(F)C(F)(F)C(F)(F)C(F)(F)C(F)(F)C(F)(F)F)C(F)(F)C(F)(F)C(F)(F)C(F)(F)C(F)(F)C(F)(F)F)[C@H](C(=O)C(F)(F)C(F)(F)C(F)(F)C(F)(F)C(F)(F)C(F)(F)F)O1. The van der Waals surface area contributed by atoms with Crippen molar-refractivity contribution in [1.82, 2.24) is 0 Å². The minimum Gasteiger partial charge on any atom is -0.376 e. The van der Waals surface area contributed by atoms with Crippen LogP contribution in [0.3, 0.4) is 0 Å². The lowest BCUT2D eigenvalue weighted by atomic mass is 9.71. The molecule has 406 valence electrons. The van der Waals surface area contributed by atoms with Gasteiger partial charge in [0.25, 0.3) is 0 Å². The van der Waals surface area contributed by atoms with E-state index >= 15 is 17.6 Å². The molecule has 1 rings (SSSR count). The molecule has 68 heavy (non-hydrogen) atoms. The summed E-state index contributed by atoms with van der Waals surface area (Å²) in [4.78, 5) is 12.4. The quantitative estimate of drug-likeness (QED) is 0.148. The van der Waals surface area contributed by atoms with Gasteiger partial charge >= 0.3 is 107 Å². The molecule has 0 bridgehead atoms. The Morgan fingerprint density at radius 2 is 0.515 bits per heavy atom. The largest absolute Gasteiger partial charge is 0.460 e. The molecule has 1 N–H and O–H groups in total. The summed E-state index contributed by atoms with van der Waals surface area (Å²) < 4.78 is 549. The summed E-state index contributed by atoms with van der Waals surface area (Å²) in [6, 6.07) is 0. The van der Waals surface area contributed by atoms with E-state index in [1.54, 1.807) is 0 Å². The molecule has 0 aromatic heterocycles. The predicted molar refractivity (Wildman–Crippen MR) is 126 cm³/mol. The van der Waals surface area contributed by atoms with Crippen molar-refractivity contribution in [2.45, 2.75) is 145 Å². The molecule has 0 amide bonds. The number of rotatable bonds is 17. The van der Waals surface area contributed by atoms with Crippen molar-refractivity contribution in [2.75, 3.05) is 0 Å². The molecule has 0 saturated carbocycles. The molecule has 1 heterocycles. The standard InChI is InChI=1S/C25H9F39O4/c1-6(2)67-3(4(65)8(26,27)11(32,33)14(38,39)17(44,45)20(50,51)23(56,57)58)5(68-6)7(66,9(28,29)12(34,35)15(40,41)18(46,47)21(52,53)24(59,60)61)10(30,31)13(36,37)16(42,43)19(48,49)22(54,55)25(62,63)64/h3,5,66H,1-2H3/t3-,5+/m0/s1. The molecule has 0 spiro atoms. The van der Waals surface area contributed by atoms with Gasteiger partial charge in [0.1, 0.15) is 6.10 Å². The Bertz CT molecular complexity index is 1800. The third kappa shape index (κ3) is 7.42. The second kappa shape index (κ2) is 15.4. The smallest absolute Gasteiger partial charge is 0.376 e. The van der Waals surface area contributed by atoms with Gasteiger partial charge in [0.2, 0.25) is 11.4 Å². The number of ether oxygens (including phenoxy) is 2. The number of hydrogen-bond acceptors (Lipinski definition) is 4. The van der Waals surface area contributed by atoms with Crippen LogP contribution < -0.4 is 0 Å². The van der Waals surface area contributed by atoms with Crippen LogP contribution in [0.25, 0.3) is 0 Å². The molecule has 4 nitrogen and oxygen atoms in total. The first kappa shape index (κ1) is 62.8. The van der Waals surface area contributed by atoms with Crippen LogP contribution >= 0.6 is 0 Å². The van der Waals surface area contributed by atoms with Crippen LogP contribution in [0.5, 0.6) is 0 Å². The minimum atomic E-state index is -10.3. The van der Waals surface area contributed by atoms with Gasteiger partial charge in [0.05, 0.1) is 0 Å². The zero-order chi connectivity index (χ0) is 56.1. The van der Waals surface area contributed by atoms with E-state index in [9.17, 15) is 164 Å². The summed E-state index contributed by atoms with van der Waals surface area (Å²) in [5.41, 5.74) is -9.71. The highest BCUT2D eigenvalue weighted by molar-refractivity contribution is 5.92. The second-order valence-corrected chi connectivity index (χ2v) is 13.7. The summed E-state index contributed by atoms with van der Waals surface area (Å²) in [5, 5.41) is 10.1. The van der Waals surface area contributed by atoms with E-state index in [0.29, 0.717) is 0 Å². The zero-order valence-electron chi connectivity index (χ0n) is 30.1. The number of carbonyl (C=O) groups is 1. The maximum atomic E-state index is 15.6. The van der Waals surface area contributed by atoms with Crippen LogP contribution in [0.15, 0.2) is 0 Å². The van der Waals surface area contributed by atoms with Gasteiger partial charge in [-0.05, 0) is 13.8 Å². The van der Waals surface area contributed by atoms with E-state index in [1.807, 2.05) is 0 Å². The summed E-state index contributed by atoms with van der Waals surface area (Å²) in [5.74, 6) is -156. The third-order valence-corrected chi connectivity index (χ3v) is 8.83. The van der Waals surface area contributed by atoms with Gasteiger partial charge in [-0.15, -0.1) is 0 Å². The fraction of sp³-hybridized carbons (Fsp3) is 0.960. The van der Waals surface area contributed by atoms with Crippen LogP contribution in [0.1, 0.15) is 13.8 Å². The van der Waals surface area contributed by atoms with E-state index in [-0.39, 0.29) is 0 Å². The Hall–Kier alpha value is -3.18. The van der Waals surface area contributed by atoms with E-state index < -0.39 is 151 Å². The highest BCUT2D eigenvalue weighted by atomic mass is 19.5. The molecule has 0 radical (unpaired) electrons. The number of alkyl halides is 39. The Morgan fingerprint density at radius 3 is 0.735 bits per heavy atom. The maximum absolute atomic E-state index is 15.6. The summed E-state index contributed by atoms with van der Waals surface area (Å²) in [6.07, 6.45) is -39.2. The van der Waals surface area contributed by atoms with Gasteiger partial charge in [-0.1, -0.05) is 0 Å². The van der Waals surface area contributed by atoms with Gasteiger partial charge in [0, 0.05) is 0 Å². The van der Waals surface area contributed by atoms with E-state index in [2.05, 4.69) is 9.47 Å². The molecule has 43 heteroatoms. The average Bonchev–Trinajstić information content (AvgIpc) is 3.43. The fourth-order valence-corrected chi connectivity index (χ4v) is 4.93. The van der Waals surface area contributed by atoms with Crippen molar-refractivity contribution in [1.29, 1.82) is 0 Å². The molecular formula is C25H9F39O4. The fourth-order valence-electron chi connectivity index (χ4n) is 4.93. The van der Waals surface area contributed by atoms with Crippen LogP contribution in [0.4, 0.5) is 171 Å². The Kier molecular flexibility index (Phi) is 14.2. The van der Waals surface area contributed by atoms with Crippen molar-refractivity contribution in [2.24, 2.45) is 0 Å². The zero-order valence-corrected chi connectivity index (χ0v) is 30.1. The Morgan fingerprint density at radius 1 is 0.324 bits per heavy atom. The molecule has 0 aromatic rings. The lowest BCUT2D eigenvalue weighted by molar-refractivity contribution is -0.487. The van der Waals surface area contributed by atoms with Gasteiger partial charge in [-0.2, -0.15) is 171 Å². The second-order valence-electron chi connectivity index (χ2n) is 13.7. The number of hydrogen-bond donors (Lipinski definition) is 1. The van der Waals surface area contributed by atoms with Crippen LogP contribution in [-0.4, -0.2) is 142 Å². The number of carbonyl (C=O) groups excluding carboxylic acids is 1. The normalized spacial score (nSPS) is 20.9.